The van der Waals surface area contributed by atoms with Crippen LogP contribution in [0.4, 0.5) is 24.7 Å². The number of nitrogens with one attached hydrogen (secondary N) is 1. The van der Waals surface area contributed by atoms with Crippen molar-refractivity contribution in [3.05, 3.63) is 88.5 Å². The minimum absolute atomic E-state index is 0.0534. The molecule has 39 heavy (non-hydrogen) atoms. The molecule has 10 heteroatoms. The molecule has 0 spiro atoms. The Morgan fingerprint density at radius 1 is 1.05 bits per heavy atom. The van der Waals surface area contributed by atoms with E-state index in [0.717, 1.165) is 37.4 Å². The van der Waals surface area contributed by atoms with Crippen molar-refractivity contribution < 1.29 is 18.0 Å². The van der Waals surface area contributed by atoms with E-state index >= 15 is 0 Å². The number of likely N-dealkylation sites (tertiary alicyclic amines) is 1. The van der Waals surface area contributed by atoms with Crippen molar-refractivity contribution in [1.82, 2.24) is 19.9 Å². The topological polar surface area (TPSA) is 97.0 Å². The predicted molar refractivity (Wildman–Crippen MR) is 143 cm³/mol. The number of hydrogen-bond donors (Lipinski definition) is 2. The van der Waals surface area contributed by atoms with Crippen molar-refractivity contribution in [2.45, 2.75) is 32.5 Å². The molecular weight excluding hydrogens is 505 g/mol. The minimum Gasteiger partial charge on any atom is -0.382 e. The number of nitrogens with zero attached hydrogens (tertiary/aromatic N) is 4. The number of alkyl halides is 3. The van der Waals surface area contributed by atoms with Crippen LogP contribution in [0.3, 0.4) is 0 Å². The van der Waals surface area contributed by atoms with Gasteiger partial charge in [-0.1, -0.05) is 17.9 Å². The number of rotatable bonds is 4. The van der Waals surface area contributed by atoms with Gasteiger partial charge in [-0.25, -0.2) is 4.98 Å². The maximum atomic E-state index is 13.8. The lowest BCUT2D eigenvalue weighted by molar-refractivity contribution is -0.138. The summed E-state index contributed by atoms with van der Waals surface area (Å²) in [4.78, 5) is 27.6. The highest BCUT2D eigenvalue weighted by atomic mass is 19.4. The monoisotopic (exact) mass is 530 g/mol. The van der Waals surface area contributed by atoms with Gasteiger partial charge in [0.2, 0.25) is 0 Å². The molecule has 0 atom stereocenters. The number of hydrogen-bond acceptors (Lipinski definition) is 6. The lowest BCUT2D eigenvalue weighted by Crippen LogP contribution is -2.21. The quantitative estimate of drug-likeness (QED) is 0.353. The lowest BCUT2D eigenvalue weighted by Gasteiger charge is -2.20. The number of carbonyl (C=O) groups is 1. The first-order chi connectivity index (χ1) is 18.7. The summed E-state index contributed by atoms with van der Waals surface area (Å²) >= 11 is 0. The molecule has 0 aliphatic carbocycles. The molecule has 7 nitrogen and oxygen atoms in total. The Morgan fingerprint density at radius 2 is 1.82 bits per heavy atom. The largest absolute Gasteiger partial charge is 0.416 e. The normalized spacial score (nSPS) is 13.7. The first-order valence-corrected chi connectivity index (χ1v) is 12.4. The summed E-state index contributed by atoms with van der Waals surface area (Å²) in [7, 11) is 0. The summed E-state index contributed by atoms with van der Waals surface area (Å²) in [6.45, 7) is 3.54. The summed E-state index contributed by atoms with van der Waals surface area (Å²) in [5.74, 6) is 5.76. The third-order valence-electron chi connectivity index (χ3n) is 6.62. The van der Waals surface area contributed by atoms with Crippen LogP contribution in [0.2, 0.25) is 0 Å². The number of nitrogen functional groups attached to an aromatic ring is 1. The first-order valence-electron chi connectivity index (χ1n) is 12.4. The maximum Gasteiger partial charge on any atom is 0.416 e. The zero-order valence-electron chi connectivity index (χ0n) is 21.1. The number of anilines is 2. The third kappa shape index (κ3) is 5.84. The van der Waals surface area contributed by atoms with E-state index in [-0.39, 0.29) is 23.4 Å². The highest BCUT2D eigenvalue weighted by Crippen LogP contribution is 2.35. The Kier molecular flexibility index (Phi) is 7.17. The molecule has 1 amide bonds. The number of benzene rings is 1. The Balaban J connectivity index is 1.39. The minimum atomic E-state index is -4.54. The Bertz CT molecular complexity index is 1620. The van der Waals surface area contributed by atoms with Gasteiger partial charge >= 0.3 is 6.18 Å². The van der Waals surface area contributed by atoms with Crippen LogP contribution in [0.5, 0.6) is 0 Å². The van der Waals surface area contributed by atoms with Crippen LogP contribution in [-0.4, -0.2) is 38.8 Å². The molecule has 0 radical (unpaired) electrons. The smallest absolute Gasteiger partial charge is 0.382 e. The number of nitrogens with two attached hydrogens (primary N) is 1. The number of pyridine rings is 3. The van der Waals surface area contributed by atoms with Gasteiger partial charge in [0.1, 0.15) is 11.3 Å². The number of amides is 1. The average molecular weight is 531 g/mol. The summed E-state index contributed by atoms with van der Waals surface area (Å²) in [6.07, 6.45) is 1.96. The number of carbonyl (C=O) groups excluding carboxylic acids is 1. The zero-order valence-corrected chi connectivity index (χ0v) is 21.1. The summed E-state index contributed by atoms with van der Waals surface area (Å²) in [6, 6.07) is 9.08. The second kappa shape index (κ2) is 10.7. The van der Waals surface area contributed by atoms with Crippen molar-refractivity contribution in [3.63, 3.8) is 0 Å². The molecule has 198 valence electrons. The van der Waals surface area contributed by atoms with Gasteiger partial charge < -0.3 is 11.1 Å². The number of fused-ring (bicyclic) bond motifs is 1. The second-order valence-electron chi connectivity index (χ2n) is 9.37. The Labute approximate surface area is 223 Å². The van der Waals surface area contributed by atoms with Gasteiger partial charge in [0.25, 0.3) is 5.91 Å². The molecule has 5 rings (SSSR count). The van der Waals surface area contributed by atoms with Crippen LogP contribution >= 0.6 is 0 Å². The summed E-state index contributed by atoms with van der Waals surface area (Å²) < 4.78 is 41.5. The standard InChI is InChI=1S/C29H25F3N6O/c1-18-19(6-7-20-15-36-27(33)26-24(20)5-4-10-34-26)13-22(16-35-18)28(39)37-23-9-8-21(17-38-11-2-3-12-38)25(14-23)29(30,31)32/h4-5,8-10,13-16H,2-3,11-12,17H2,1H3,(H2,33,36)(H,37,39). The second-order valence-corrected chi connectivity index (χ2v) is 9.37. The van der Waals surface area contributed by atoms with Crippen LogP contribution in [0.15, 0.2) is 55.0 Å². The fourth-order valence-electron chi connectivity index (χ4n) is 4.55. The van der Waals surface area contributed by atoms with Crippen LogP contribution in [-0.2, 0) is 12.7 Å². The first kappa shape index (κ1) is 26.1. The highest BCUT2D eigenvalue weighted by Gasteiger charge is 2.34. The maximum absolute atomic E-state index is 13.8. The molecule has 4 heterocycles. The molecule has 0 bridgehead atoms. The van der Waals surface area contributed by atoms with Gasteiger partial charge in [-0.15, -0.1) is 0 Å². The van der Waals surface area contributed by atoms with Crippen molar-refractivity contribution in [2.75, 3.05) is 24.1 Å². The van der Waals surface area contributed by atoms with E-state index in [1.165, 1.54) is 18.3 Å². The van der Waals surface area contributed by atoms with E-state index in [2.05, 4.69) is 32.1 Å². The van der Waals surface area contributed by atoms with Crippen LogP contribution in [0, 0.1) is 18.8 Å². The molecule has 4 aromatic rings. The summed E-state index contributed by atoms with van der Waals surface area (Å²) in [5, 5.41) is 3.31. The molecule has 1 aliphatic heterocycles. The molecule has 0 unspecified atom stereocenters. The molecule has 1 aliphatic rings. The molecule has 0 saturated carbocycles. The van der Waals surface area contributed by atoms with E-state index in [1.807, 2.05) is 11.0 Å². The van der Waals surface area contributed by atoms with Crippen molar-refractivity contribution in [1.29, 1.82) is 0 Å². The van der Waals surface area contributed by atoms with Gasteiger partial charge in [-0.2, -0.15) is 13.2 Å². The van der Waals surface area contributed by atoms with E-state index in [4.69, 9.17) is 5.73 Å². The van der Waals surface area contributed by atoms with Crippen molar-refractivity contribution >= 4 is 28.3 Å². The van der Waals surface area contributed by atoms with E-state index in [1.54, 1.807) is 31.5 Å². The number of aryl methyl sites for hydroxylation is 1. The van der Waals surface area contributed by atoms with Crippen molar-refractivity contribution in [2.24, 2.45) is 0 Å². The third-order valence-corrected chi connectivity index (χ3v) is 6.62. The molecular formula is C29H25F3N6O. The van der Waals surface area contributed by atoms with E-state index in [0.29, 0.717) is 28.2 Å². The molecule has 3 aromatic heterocycles. The average Bonchev–Trinajstić information content (AvgIpc) is 3.43. The number of halogens is 3. The highest BCUT2D eigenvalue weighted by molar-refractivity contribution is 6.04. The SMILES string of the molecule is Cc1ncc(C(=O)Nc2ccc(CN3CCCC3)c(C(F)(F)F)c2)cc1C#Cc1cnc(N)c2ncccc12. The Hall–Kier alpha value is -4.49. The number of aromatic nitrogens is 3. The fourth-order valence-corrected chi connectivity index (χ4v) is 4.55. The fraction of sp³-hybridized carbons (Fsp3) is 0.241. The molecule has 3 N–H and O–H groups in total. The Morgan fingerprint density at radius 3 is 2.59 bits per heavy atom. The van der Waals surface area contributed by atoms with Gasteiger partial charge in [0, 0.05) is 41.8 Å². The van der Waals surface area contributed by atoms with Gasteiger partial charge in [0.15, 0.2) is 0 Å². The van der Waals surface area contributed by atoms with Crippen LogP contribution < -0.4 is 11.1 Å². The van der Waals surface area contributed by atoms with E-state index < -0.39 is 17.6 Å². The lowest BCUT2D eigenvalue weighted by atomic mass is 10.0. The molecule has 1 saturated heterocycles. The van der Waals surface area contributed by atoms with Gasteiger partial charge in [-0.05, 0) is 68.8 Å². The molecule has 1 aromatic carbocycles. The van der Waals surface area contributed by atoms with E-state index in [9.17, 15) is 18.0 Å². The summed E-state index contributed by atoms with van der Waals surface area (Å²) in [5.41, 5.74) is 7.81. The van der Waals surface area contributed by atoms with Gasteiger partial charge in [0.05, 0.1) is 22.4 Å². The zero-order chi connectivity index (χ0) is 27.6. The van der Waals surface area contributed by atoms with Gasteiger partial charge in [-0.3, -0.25) is 19.7 Å². The predicted octanol–water partition coefficient (Wildman–Crippen LogP) is 5.18. The molecule has 1 fully saturated rings. The van der Waals surface area contributed by atoms with Crippen LogP contribution in [0.1, 0.15) is 51.1 Å². The van der Waals surface area contributed by atoms with Crippen LogP contribution in [0.25, 0.3) is 10.9 Å². The van der Waals surface area contributed by atoms with Crippen molar-refractivity contribution in [3.8, 4) is 11.8 Å².